The summed E-state index contributed by atoms with van der Waals surface area (Å²) < 4.78 is 4.78. The first-order chi connectivity index (χ1) is 11.3. The fraction of sp³-hybridized carbons (Fsp3) is 0. The maximum Gasteiger partial charge on any atom is 0.348 e. The van der Waals surface area contributed by atoms with E-state index >= 15 is 0 Å². The third-order valence-electron chi connectivity index (χ3n) is 3.51. The Bertz CT molecular complexity index is 1050. The molecule has 0 radical (unpaired) electrons. The van der Waals surface area contributed by atoms with Gasteiger partial charge in [-0.2, -0.15) is 0 Å². The largest absolute Gasteiger partial charge is 0.506 e. The summed E-state index contributed by atoms with van der Waals surface area (Å²) in [6.45, 7) is 0. The number of rotatable bonds is 1. The molecule has 9 nitrogen and oxygen atoms in total. The Morgan fingerprint density at radius 2 is 1.33 bits per heavy atom. The number of phenolic OH excluding ortho intramolecular Hbond substituents is 6. The molecule has 0 saturated heterocycles. The molecule has 0 bridgehead atoms. The first-order valence-electron chi connectivity index (χ1n) is 6.42. The molecule has 124 valence electrons. The van der Waals surface area contributed by atoms with Crippen molar-refractivity contribution in [2.45, 2.75) is 0 Å². The van der Waals surface area contributed by atoms with Crippen LogP contribution in [0.5, 0.6) is 40.2 Å². The van der Waals surface area contributed by atoms with Gasteiger partial charge in [0.15, 0.2) is 22.8 Å². The van der Waals surface area contributed by atoms with Gasteiger partial charge in [-0.15, -0.1) is 0 Å². The summed E-state index contributed by atoms with van der Waals surface area (Å²) in [7, 11) is 0. The molecular weight excluding hydrogens is 324 g/mol. The molecule has 0 atom stereocenters. The third kappa shape index (κ3) is 1.85. The fourth-order valence-electron chi connectivity index (χ4n) is 2.33. The maximum atomic E-state index is 12.1. The summed E-state index contributed by atoms with van der Waals surface area (Å²) in [6, 6.07) is 3.59. The van der Waals surface area contributed by atoms with Gasteiger partial charge < -0.3 is 40.2 Å². The lowest BCUT2D eigenvalue weighted by Crippen LogP contribution is -2.04. The standard InChI is InChI=1S/C15H10O9/c16-5-3-1-2-4(8(5)17)6-9(18)7-10(19)11(20)12(21)13(22)14(7)24-15(6)23/h1-3,16-22H. The topological polar surface area (TPSA) is 172 Å². The first kappa shape index (κ1) is 15.2. The van der Waals surface area contributed by atoms with Crippen LogP contribution in [0.1, 0.15) is 0 Å². The van der Waals surface area contributed by atoms with Crippen LogP contribution < -0.4 is 5.63 Å². The number of benzene rings is 2. The van der Waals surface area contributed by atoms with E-state index in [1.807, 2.05) is 0 Å². The van der Waals surface area contributed by atoms with Crippen molar-refractivity contribution in [1.82, 2.24) is 0 Å². The Hall–Kier alpha value is -3.75. The summed E-state index contributed by atoms with van der Waals surface area (Å²) >= 11 is 0. The summed E-state index contributed by atoms with van der Waals surface area (Å²) in [6.07, 6.45) is 0. The number of phenols is 6. The van der Waals surface area contributed by atoms with Crippen LogP contribution >= 0.6 is 0 Å². The molecule has 0 aliphatic carbocycles. The van der Waals surface area contributed by atoms with E-state index in [0.29, 0.717) is 0 Å². The van der Waals surface area contributed by atoms with Gasteiger partial charge in [-0.25, -0.2) is 4.79 Å². The maximum absolute atomic E-state index is 12.1. The van der Waals surface area contributed by atoms with Gasteiger partial charge in [0.05, 0.1) is 0 Å². The molecule has 2 aromatic carbocycles. The van der Waals surface area contributed by atoms with Crippen molar-refractivity contribution in [3.05, 3.63) is 28.6 Å². The highest BCUT2D eigenvalue weighted by Crippen LogP contribution is 2.52. The van der Waals surface area contributed by atoms with Gasteiger partial charge in [-0.05, 0) is 12.1 Å². The van der Waals surface area contributed by atoms with Gasteiger partial charge in [0.25, 0.3) is 0 Å². The average molecular weight is 334 g/mol. The highest BCUT2D eigenvalue weighted by molar-refractivity contribution is 6.01. The molecule has 9 heteroatoms. The average Bonchev–Trinajstić information content (AvgIpc) is 2.54. The van der Waals surface area contributed by atoms with E-state index < -0.39 is 62.4 Å². The van der Waals surface area contributed by atoms with Crippen LogP contribution in [0.3, 0.4) is 0 Å². The lowest BCUT2D eigenvalue weighted by atomic mass is 10.0. The number of hydrogen-bond donors (Lipinski definition) is 7. The Balaban J connectivity index is 2.53. The number of para-hydroxylation sites is 1. The van der Waals surface area contributed by atoms with Crippen LogP contribution in [0.4, 0.5) is 0 Å². The first-order valence-corrected chi connectivity index (χ1v) is 6.42. The van der Waals surface area contributed by atoms with Crippen molar-refractivity contribution >= 4 is 11.0 Å². The lowest BCUT2D eigenvalue weighted by molar-refractivity contribution is 0.344. The number of aromatic hydroxyl groups is 7. The van der Waals surface area contributed by atoms with E-state index in [0.717, 1.165) is 6.07 Å². The monoisotopic (exact) mass is 334 g/mol. The molecule has 0 spiro atoms. The van der Waals surface area contributed by atoms with Crippen molar-refractivity contribution in [1.29, 1.82) is 0 Å². The van der Waals surface area contributed by atoms with E-state index in [1.54, 1.807) is 0 Å². The molecule has 0 saturated carbocycles. The van der Waals surface area contributed by atoms with Gasteiger partial charge in [-0.3, -0.25) is 0 Å². The zero-order valence-corrected chi connectivity index (χ0v) is 11.7. The molecule has 0 amide bonds. The zero-order chi connectivity index (χ0) is 17.8. The summed E-state index contributed by atoms with van der Waals surface area (Å²) in [4.78, 5) is 12.1. The van der Waals surface area contributed by atoms with Gasteiger partial charge >= 0.3 is 5.63 Å². The second-order valence-corrected chi connectivity index (χ2v) is 4.88. The van der Waals surface area contributed by atoms with E-state index in [9.17, 15) is 40.5 Å². The van der Waals surface area contributed by atoms with Gasteiger partial charge in [-0.1, -0.05) is 6.07 Å². The second kappa shape index (κ2) is 4.88. The van der Waals surface area contributed by atoms with E-state index in [4.69, 9.17) is 4.42 Å². The molecule has 1 aromatic heterocycles. The summed E-state index contributed by atoms with van der Waals surface area (Å²) in [5, 5.41) is 67.6. The van der Waals surface area contributed by atoms with Crippen molar-refractivity contribution in [3.63, 3.8) is 0 Å². The van der Waals surface area contributed by atoms with Gasteiger partial charge in [0.1, 0.15) is 16.7 Å². The molecule has 3 aromatic rings. The van der Waals surface area contributed by atoms with Crippen LogP contribution in [0, 0.1) is 0 Å². The predicted octanol–water partition coefficient (Wildman–Crippen LogP) is 1.40. The van der Waals surface area contributed by atoms with Crippen molar-refractivity contribution < 1.29 is 40.2 Å². The molecule has 3 rings (SSSR count). The lowest BCUT2D eigenvalue weighted by Gasteiger charge is -2.12. The number of fused-ring (bicyclic) bond motifs is 1. The highest BCUT2D eigenvalue weighted by atomic mass is 16.4. The summed E-state index contributed by atoms with van der Waals surface area (Å²) in [5.74, 6) is -6.66. The van der Waals surface area contributed by atoms with Crippen LogP contribution in [0.25, 0.3) is 22.1 Å². The van der Waals surface area contributed by atoms with E-state index in [2.05, 4.69) is 0 Å². The van der Waals surface area contributed by atoms with Crippen LogP contribution in [-0.2, 0) is 0 Å². The smallest absolute Gasteiger partial charge is 0.348 e. The Kier molecular flexibility index (Phi) is 3.08. The highest BCUT2D eigenvalue weighted by Gasteiger charge is 2.27. The van der Waals surface area contributed by atoms with Crippen LogP contribution in [0.2, 0.25) is 0 Å². The molecule has 24 heavy (non-hydrogen) atoms. The third-order valence-corrected chi connectivity index (χ3v) is 3.51. The van der Waals surface area contributed by atoms with Crippen molar-refractivity contribution in [2.75, 3.05) is 0 Å². The minimum Gasteiger partial charge on any atom is -0.506 e. The van der Waals surface area contributed by atoms with Crippen LogP contribution in [-0.4, -0.2) is 35.7 Å². The summed E-state index contributed by atoms with van der Waals surface area (Å²) in [5.41, 5.74) is -2.94. The predicted molar refractivity (Wildman–Crippen MR) is 79.6 cm³/mol. The normalized spacial score (nSPS) is 11.0. The molecule has 0 aliphatic rings. The Labute approximate surface area is 132 Å². The quantitative estimate of drug-likeness (QED) is 0.197. The Morgan fingerprint density at radius 1 is 0.708 bits per heavy atom. The number of hydrogen-bond acceptors (Lipinski definition) is 9. The zero-order valence-electron chi connectivity index (χ0n) is 11.7. The fourth-order valence-corrected chi connectivity index (χ4v) is 2.33. The molecule has 0 fully saturated rings. The van der Waals surface area contributed by atoms with Crippen molar-refractivity contribution in [3.8, 4) is 51.4 Å². The van der Waals surface area contributed by atoms with E-state index in [-0.39, 0.29) is 5.56 Å². The van der Waals surface area contributed by atoms with Gasteiger partial charge in [0, 0.05) is 5.56 Å². The van der Waals surface area contributed by atoms with Crippen molar-refractivity contribution in [2.24, 2.45) is 0 Å². The molecule has 0 aliphatic heterocycles. The minimum atomic E-state index is -1.24. The van der Waals surface area contributed by atoms with Gasteiger partial charge in [0.2, 0.25) is 17.2 Å². The molecule has 7 N–H and O–H groups in total. The molecule has 1 heterocycles. The SMILES string of the molecule is O=c1oc2c(O)c(O)c(O)c(O)c2c(O)c1-c1cccc(O)c1O. The van der Waals surface area contributed by atoms with E-state index in [1.165, 1.54) is 12.1 Å². The second-order valence-electron chi connectivity index (χ2n) is 4.88. The Morgan fingerprint density at radius 3 is 2.00 bits per heavy atom. The molecule has 0 unspecified atom stereocenters. The van der Waals surface area contributed by atoms with Crippen LogP contribution in [0.15, 0.2) is 27.4 Å². The molecular formula is C15H10O9. The minimum absolute atomic E-state index is 0.311.